The van der Waals surface area contributed by atoms with E-state index in [1.54, 1.807) is 0 Å². The summed E-state index contributed by atoms with van der Waals surface area (Å²) < 4.78 is 44.1. The average Bonchev–Trinajstić information content (AvgIpc) is 2.67. The first-order chi connectivity index (χ1) is 13.7. The molecular formula is C17H15ClF2N2O7. The van der Waals surface area contributed by atoms with Crippen molar-refractivity contribution in [2.45, 2.75) is 6.61 Å². The minimum absolute atomic E-state index is 0.0267. The quantitative estimate of drug-likeness (QED) is 0.493. The zero-order valence-electron chi connectivity index (χ0n) is 15.3. The molecule has 0 bridgehead atoms. The van der Waals surface area contributed by atoms with Crippen molar-refractivity contribution in [2.75, 3.05) is 26.6 Å². The van der Waals surface area contributed by atoms with Crippen LogP contribution in [-0.2, 0) is 0 Å². The number of nitrogens with zero attached hydrogens (tertiary/aromatic N) is 1. The third kappa shape index (κ3) is 4.74. The summed E-state index contributed by atoms with van der Waals surface area (Å²) in [6.07, 6.45) is 0. The van der Waals surface area contributed by atoms with Gasteiger partial charge in [-0.1, -0.05) is 11.6 Å². The standard InChI is InChI=1S/C17H15ClF2N2O7/c1-26-12-7-9(13(22(24)25)15(28-3)14(12)27-2)16(23)21-8-4-5-11(10(18)6-8)29-17(19)20/h4-7,17H,1-3H3,(H,21,23). The number of carbonyl (C=O) groups is 1. The van der Waals surface area contributed by atoms with E-state index in [2.05, 4.69) is 10.1 Å². The van der Waals surface area contributed by atoms with E-state index in [4.69, 9.17) is 25.8 Å². The number of halogens is 3. The second-order valence-corrected chi connectivity index (χ2v) is 5.68. The van der Waals surface area contributed by atoms with E-state index in [1.165, 1.54) is 27.4 Å². The fraction of sp³-hybridized carbons (Fsp3) is 0.235. The topological polar surface area (TPSA) is 109 Å². The third-order valence-corrected chi connectivity index (χ3v) is 3.93. The molecule has 0 saturated carbocycles. The summed E-state index contributed by atoms with van der Waals surface area (Å²) in [5, 5.41) is 13.8. The molecule has 0 atom stereocenters. The van der Waals surface area contributed by atoms with Crippen molar-refractivity contribution in [1.29, 1.82) is 0 Å². The highest BCUT2D eigenvalue weighted by molar-refractivity contribution is 6.32. The molecule has 0 aliphatic heterocycles. The Morgan fingerprint density at radius 3 is 2.24 bits per heavy atom. The van der Waals surface area contributed by atoms with Gasteiger partial charge < -0.3 is 24.3 Å². The monoisotopic (exact) mass is 432 g/mol. The molecule has 1 amide bonds. The summed E-state index contributed by atoms with van der Waals surface area (Å²) in [4.78, 5) is 23.5. The van der Waals surface area contributed by atoms with Crippen molar-refractivity contribution in [3.05, 3.63) is 45.0 Å². The van der Waals surface area contributed by atoms with Crippen LogP contribution in [0.3, 0.4) is 0 Å². The van der Waals surface area contributed by atoms with Crippen molar-refractivity contribution >= 4 is 28.9 Å². The molecule has 1 N–H and O–H groups in total. The Morgan fingerprint density at radius 1 is 1.10 bits per heavy atom. The number of benzene rings is 2. The SMILES string of the molecule is COc1cc(C(=O)Nc2ccc(OC(F)F)c(Cl)c2)c([N+](=O)[O-])c(OC)c1OC. The normalized spacial score (nSPS) is 10.4. The van der Waals surface area contributed by atoms with E-state index in [-0.39, 0.29) is 39.3 Å². The summed E-state index contributed by atoms with van der Waals surface area (Å²) in [7, 11) is 3.72. The Morgan fingerprint density at radius 2 is 1.76 bits per heavy atom. The molecule has 0 unspecified atom stereocenters. The molecule has 2 aromatic carbocycles. The van der Waals surface area contributed by atoms with Gasteiger partial charge in [0.15, 0.2) is 5.75 Å². The Kier molecular flexibility index (Phi) is 6.99. The van der Waals surface area contributed by atoms with Crippen LogP contribution in [0.15, 0.2) is 24.3 Å². The van der Waals surface area contributed by atoms with Crippen LogP contribution in [-0.4, -0.2) is 38.8 Å². The van der Waals surface area contributed by atoms with Gasteiger partial charge in [0, 0.05) is 11.8 Å². The number of methoxy groups -OCH3 is 3. The molecule has 9 nitrogen and oxygen atoms in total. The Bertz CT molecular complexity index is 940. The lowest BCUT2D eigenvalue weighted by Gasteiger charge is -2.15. The Hall–Kier alpha value is -3.34. The molecule has 0 aromatic heterocycles. The molecule has 0 radical (unpaired) electrons. The van der Waals surface area contributed by atoms with Crippen LogP contribution in [0.5, 0.6) is 23.0 Å². The molecule has 2 aromatic rings. The van der Waals surface area contributed by atoms with Gasteiger partial charge in [-0.3, -0.25) is 14.9 Å². The number of hydrogen-bond donors (Lipinski definition) is 1. The number of nitro groups is 1. The van der Waals surface area contributed by atoms with Crippen LogP contribution in [0, 0.1) is 10.1 Å². The summed E-state index contributed by atoms with van der Waals surface area (Å²) in [5.41, 5.74) is -0.940. The van der Waals surface area contributed by atoms with E-state index >= 15 is 0 Å². The van der Waals surface area contributed by atoms with E-state index in [1.807, 2.05) is 0 Å². The van der Waals surface area contributed by atoms with Crippen molar-refractivity contribution in [2.24, 2.45) is 0 Å². The second-order valence-electron chi connectivity index (χ2n) is 5.28. The molecule has 0 aliphatic rings. The van der Waals surface area contributed by atoms with Crippen LogP contribution < -0.4 is 24.3 Å². The summed E-state index contributed by atoms with van der Waals surface area (Å²) in [6.45, 7) is -3.07. The highest BCUT2D eigenvalue weighted by Gasteiger charge is 2.32. The van der Waals surface area contributed by atoms with Crippen molar-refractivity contribution in [1.82, 2.24) is 0 Å². The van der Waals surface area contributed by atoms with Crippen LogP contribution in [0.1, 0.15) is 10.4 Å². The molecule has 0 heterocycles. The van der Waals surface area contributed by atoms with Crippen LogP contribution in [0.4, 0.5) is 20.2 Å². The van der Waals surface area contributed by atoms with Gasteiger partial charge in [-0.05, 0) is 18.2 Å². The summed E-state index contributed by atoms with van der Waals surface area (Å²) in [5.74, 6) is -1.53. The van der Waals surface area contributed by atoms with Crippen molar-refractivity contribution < 1.29 is 37.4 Å². The average molecular weight is 433 g/mol. The van der Waals surface area contributed by atoms with Crippen LogP contribution in [0.2, 0.25) is 5.02 Å². The molecule has 29 heavy (non-hydrogen) atoms. The molecule has 0 spiro atoms. The Balaban J connectivity index is 2.47. The molecule has 2 rings (SSSR count). The largest absolute Gasteiger partial charge is 0.493 e. The fourth-order valence-corrected chi connectivity index (χ4v) is 2.69. The minimum atomic E-state index is -3.07. The molecule has 0 saturated heterocycles. The van der Waals surface area contributed by atoms with Gasteiger partial charge >= 0.3 is 12.3 Å². The predicted octanol–water partition coefficient (Wildman–Crippen LogP) is 4.13. The van der Waals surface area contributed by atoms with Crippen LogP contribution in [0.25, 0.3) is 0 Å². The number of nitro benzene ring substituents is 1. The van der Waals surface area contributed by atoms with E-state index < -0.39 is 23.1 Å². The number of carbonyl (C=O) groups excluding carboxylic acids is 1. The molecule has 12 heteroatoms. The first kappa shape index (κ1) is 22.0. The number of nitrogens with one attached hydrogen (secondary N) is 1. The smallest absolute Gasteiger partial charge is 0.387 e. The lowest BCUT2D eigenvalue weighted by Crippen LogP contribution is -2.15. The lowest BCUT2D eigenvalue weighted by atomic mass is 10.1. The molecule has 0 fully saturated rings. The number of amides is 1. The number of ether oxygens (including phenoxy) is 4. The van der Waals surface area contributed by atoms with Gasteiger partial charge in [0.2, 0.25) is 11.5 Å². The first-order valence-electron chi connectivity index (χ1n) is 7.76. The summed E-state index contributed by atoms with van der Waals surface area (Å²) in [6, 6.07) is 4.63. The van der Waals surface area contributed by atoms with E-state index in [9.17, 15) is 23.7 Å². The zero-order chi connectivity index (χ0) is 21.7. The van der Waals surface area contributed by atoms with Gasteiger partial charge in [-0.2, -0.15) is 8.78 Å². The fourth-order valence-electron chi connectivity index (χ4n) is 2.46. The minimum Gasteiger partial charge on any atom is -0.493 e. The van der Waals surface area contributed by atoms with Gasteiger partial charge in [0.1, 0.15) is 11.3 Å². The Labute approximate surface area is 168 Å². The van der Waals surface area contributed by atoms with E-state index in [0.717, 1.165) is 18.2 Å². The van der Waals surface area contributed by atoms with Gasteiger partial charge in [-0.25, -0.2) is 0 Å². The van der Waals surface area contributed by atoms with Crippen molar-refractivity contribution in [3.8, 4) is 23.0 Å². The van der Waals surface area contributed by atoms with E-state index in [0.29, 0.717) is 0 Å². The highest BCUT2D eigenvalue weighted by Crippen LogP contribution is 2.46. The first-order valence-corrected chi connectivity index (χ1v) is 8.14. The number of anilines is 1. The summed E-state index contributed by atoms with van der Waals surface area (Å²) >= 11 is 5.85. The molecular weight excluding hydrogens is 418 g/mol. The van der Waals surface area contributed by atoms with Gasteiger partial charge in [0.25, 0.3) is 5.91 Å². The molecule has 156 valence electrons. The maximum absolute atomic E-state index is 12.7. The number of rotatable bonds is 8. The third-order valence-electron chi connectivity index (χ3n) is 3.64. The molecule has 0 aliphatic carbocycles. The number of alkyl halides is 2. The zero-order valence-corrected chi connectivity index (χ0v) is 16.1. The van der Waals surface area contributed by atoms with Gasteiger partial charge in [-0.15, -0.1) is 0 Å². The maximum Gasteiger partial charge on any atom is 0.387 e. The van der Waals surface area contributed by atoms with Gasteiger partial charge in [0.05, 0.1) is 31.3 Å². The second kappa shape index (κ2) is 9.24. The number of hydrogen-bond acceptors (Lipinski definition) is 7. The van der Waals surface area contributed by atoms with Crippen LogP contribution >= 0.6 is 11.6 Å². The maximum atomic E-state index is 12.7. The lowest BCUT2D eigenvalue weighted by molar-refractivity contribution is -0.386. The highest BCUT2D eigenvalue weighted by atomic mass is 35.5. The van der Waals surface area contributed by atoms with Crippen molar-refractivity contribution in [3.63, 3.8) is 0 Å². The predicted molar refractivity (Wildman–Crippen MR) is 98.8 cm³/mol.